The summed E-state index contributed by atoms with van der Waals surface area (Å²) in [4.78, 5) is 0. The minimum atomic E-state index is -0.367. The van der Waals surface area contributed by atoms with Gasteiger partial charge in [-0.2, -0.15) is 5.10 Å². The summed E-state index contributed by atoms with van der Waals surface area (Å²) < 4.78 is 0. The van der Waals surface area contributed by atoms with E-state index >= 15 is 0 Å². The first-order valence-corrected chi connectivity index (χ1v) is 3.87. The average Bonchev–Trinajstić information content (AvgIpc) is 2.35. The molecule has 0 aliphatic rings. The van der Waals surface area contributed by atoms with Gasteiger partial charge in [0.05, 0.1) is 12.3 Å². The van der Waals surface area contributed by atoms with E-state index in [0.717, 1.165) is 12.0 Å². The molecule has 0 aromatic carbocycles. The van der Waals surface area contributed by atoms with Gasteiger partial charge in [-0.05, 0) is 12.3 Å². The van der Waals surface area contributed by atoms with E-state index in [-0.39, 0.29) is 6.10 Å². The average molecular weight is 154 g/mol. The largest absolute Gasteiger partial charge is 0.388 e. The van der Waals surface area contributed by atoms with Gasteiger partial charge in [0.2, 0.25) is 0 Å². The third kappa shape index (κ3) is 2.35. The predicted octanol–water partition coefficient (Wildman–Crippen LogP) is 1.49. The molecule has 1 heterocycles. The molecule has 0 bridgehead atoms. The SMILES string of the molecule is CC(C)CC(O)c1cn[nH]c1. The van der Waals surface area contributed by atoms with Gasteiger partial charge in [0.25, 0.3) is 0 Å². The van der Waals surface area contributed by atoms with Crippen LogP contribution in [-0.2, 0) is 0 Å². The van der Waals surface area contributed by atoms with E-state index in [1.165, 1.54) is 0 Å². The molecule has 3 heteroatoms. The fourth-order valence-corrected chi connectivity index (χ4v) is 1.03. The molecule has 0 aliphatic heterocycles. The van der Waals surface area contributed by atoms with E-state index in [0.29, 0.717) is 5.92 Å². The third-order valence-corrected chi connectivity index (χ3v) is 1.60. The first kappa shape index (κ1) is 8.27. The van der Waals surface area contributed by atoms with Gasteiger partial charge in [-0.3, -0.25) is 5.10 Å². The quantitative estimate of drug-likeness (QED) is 0.693. The van der Waals surface area contributed by atoms with E-state index < -0.39 is 0 Å². The summed E-state index contributed by atoms with van der Waals surface area (Å²) in [6.45, 7) is 4.17. The standard InChI is InChI=1S/C8H14N2O/c1-6(2)3-8(11)7-4-9-10-5-7/h4-6,8,11H,3H2,1-2H3,(H,9,10). The molecule has 0 amide bonds. The Balaban J connectivity index is 2.49. The highest BCUT2D eigenvalue weighted by molar-refractivity contribution is 5.06. The van der Waals surface area contributed by atoms with Crippen molar-refractivity contribution in [1.29, 1.82) is 0 Å². The first-order chi connectivity index (χ1) is 5.20. The number of H-pyrrole nitrogens is 1. The molecular formula is C8H14N2O. The van der Waals surface area contributed by atoms with Gasteiger partial charge >= 0.3 is 0 Å². The van der Waals surface area contributed by atoms with Crippen molar-refractivity contribution in [1.82, 2.24) is 10.2 Å². The van der Waals surface area contributed by atoms with E-state index in [2.05, 4.69) is 24.0 Å². The minimum absolute atomic E-state index is 0.367. The van der Waals surface area contributed by atoms with Crippen molar-refractivity contribution in [3.63, 3.8) is 0 Å². The van der Waals surface area contributed by atoms with Gasteiger partial charge in [0, 0.05) is 11.8 Å². The molecule has 1 rings (SSSR count). The number of rotatable bonds is 3. The molecule has 1 unspecified atom stereocenters. The van der Waals surface area contributed by atoms with E-state index in [9.17, 15) is 5.11 Å². The smallest absolute Gasteiger partial charge is 0.0822 e. The Labute approximate surface area is 66.4 Å². The molecule has 0 radical (unpaired) electrons. The van der Waals surface area contributed by atoms with Crippen molar-refractivity contribution in [2.75, 3.05) is 0 Å². The first-order valence-electron chi connectivity index (χ1n) is 3.87. The molecule has 62 valence electrons. The number of hydrogen-bond acceptors (Lipinski definition) is 2. The zero-order valence-corrected chi connectivity index (χ0v) is 6.91. The summed E-state index contributed by atoms with van der Waals surface area (Å²) in [5.41, 5.74) is 0.874. The van der Waals surface area contributed by atoms with E-state index in [1.807, 2.05) is 0 Å². The maximum atomic E-state index is 9.52. The van der Waals surface area contributed by atoms with Gasteiger partial charge in [-0.1, -0.05) is 13.8 Å². The van der Waals surface area contributed by atoms with Crippen LogP contribution in [0.25, 0.3) is 0 Å². The van der Waals surface area contributed by atoms with Crippen LogP contribution in [0.2, 0.25) is 0 Å². The maximum Gasteiger partial charge on any atom is 0.0822 e. The van der Waals surface area contributed by atoms with Crippen molar-refractivity contribution in [2.24, 2.45) is 5.92 Å². The molecule has 0 spiro atoms. The molecule has 0 saturated carbocycles. The van der Waals surface area contributed by atoms with Gasteiger partial charge in [0.1, 0.15) is 0 Å². The van der Waals surface area contributed by atoms with Gasteiger partial charge in [0.15, 0.2) is 0 Å². The van der Waals surface area contributed by atoms with Crippen LogP contribution in [0.3, 0.4) is 0 Å². The molecule has 0 fully saturated rings. The summed E-state index contributed by atoms with van der Waals surface area (Å²) in [5.74, 6) is 0.514. The van der Waals surface area contributed by atoms with Crippen LogP contribution >= 0.6 is 0 Å². The number of nitrogens with one attached hydrogen (secondary N) is 1. The summed E-state index contributed by atoms with van der Waals surface area (Å²) >= 11 is 0. The third-order valence-electron chi connectivity index (χ3n) is 1.60. The lowest BCUT2D eigenvalue weighted by molar-refractivity contribution is 0.151. The van der Waals surface area contributed by atoms with Gasteiger partial charge in [-0.15, -0.1) is 0 Å². The summed E-state index contributed by atoms with van der Waals surface area (Å²) in [7, 11) is 0. The Morgan fingerprint density at radius 3 is 2.82 bits per heavy atom. The lowest BCUT2D eigenvalue weighted by Crippen LogP contribution is -2.00. The summed E-state index contributed by atoms with van der Waals surface area (Å²) in [5, 5.41) is 16.0. The number of aromatic nitrogens is 2. The van der Waals surface area contributed by atoms with Gasteiger partial charge in [-0.25, -0.2) is 0 Å². The second kappa shape index (κ2) is 3.53. The summed E-state index contributed by atoms with van der Waals surface area (Å²) in [6.07, 6.45) is 3.81. The van der Waals surface area contributed by atoms with Crippen molar-refractivity contribution in [2.45, 2.75) is 26.4 Å². The highest BCUT2D eigenvalue weighted by Gasteiger charge is 2.09. The Morgan fingerprint density at radius 2 is 2.36 bits per heavy atom. The highest BCUT2D eigenvalue weighted by Crippen LogP contribution is 2.18. The number of hydrogen-bond donors (Lipinski definition) is 2. The lowest BCUT2D eigenvalue weighted by Gasteiger charge is -2.09. The Morgan fingerprint density at radius 1 is 1.64 bits per heavy atom. The molecule has 2 N–H and O–H groups in total. The second-order valence-electron chi connectivity index (χ2n) is 3.18. The van der Waals surface area contributed by atoms with Crippen molar-refractivity contribution < 1.29 is 5.11 Å². The Hall–Kier alpha value is -0.830. The molecule has 0 saturated heterocycles. The molecule has 3 nitrogen and oxygen atoms in total. The van der Waals surface area contributed by atoms with E-state index in [1.54, 1.807) is 12.4 Å². The number of aliphatic hydroxyl groups excluding tert-OH is 1. The minimum Gasteiger partial charge on any atom is -0.388 e. The summed E-state index contributed by atoms with van der Waals surface area (Å²) in [6, 6.07) is 0. The number of nitrogens with zero attached hydrogens (tertiary/aromatic N) is 1. The number of aliphatic hydroxyl groups is 1. The maximum absolute atomic E-state index is 9.52. The highest BCUT2D eigenvalue weighted by atomic mass is 16.3. The number of aromatic amines is 1. The fourth-order valence-electron chi connectivity index (χ4n) is 1.03. The van der Waals surface area contributed by atoms with Crippen LogP contribution in [0, 0.1) is 5.92 Å². The van der Waals surface area contributed by atoms with Crippen LogP contribution in [0.15, 0.2) is 12.4 Å². The molecular weight excluding hydrogens is 140 g/mol. The van der Waals surface area contributed by atoms with Crippen LogP contribution < -0.4 is 0 Å². The Kier molecular flexibility index (Phi) is 2.65. The lowest BCUT2D eigenvalue weighted by atomic mass is 10.0. The fraction of sp³-hybridized carbons (Fsp3) is 0.625. The van der Waals surface area contributed by atoms with Gasteiger partial charge < -0.3 is 5.11 Å². The molecule has 1 aromatic heterocycles. The van der Waals surface area contributed by atoms with Crippen molar-refractivity contribution in [3.05, 3.63) is 18.0 Å². The molecule has 1 atom stereocenters. The normalized spacial score (nSPS) is 13.8. The van der Waals surface area contributed by atoms with Crippen LogP contribution in [-0.4, -0.2) is 15.3 Å². The van der Waals surface area contributed by atoms with Crippen molar-refractivity contribution >= 4 is 0 Å². The van der Waals surface area contributed by atoms with Crippen molar-refractivity contribution in [3.8, 4) is 0 Å². The Bertz CT molecular complexity index is 194. The monoisotopic (exact) mass is 154 g/mol. The predicted molar refractivity (Wildman–Crippen MR) is 43.0 cm³/mol. The zero-order valence-electron chi connectivity index (χ0n) is 6.91. The topological polar surface area (TPSA) is 48.9 Å². The van der Waals surface area contributed by atoms with Crippen LogP contribution in [0.4, 0.5) is 0 Å². The second-order valence-corrected chi connectivity index (χ2v) is 3.18. The van der Waals surface area contributed by atoms with E-state index in [4.69, 9.17) is 0 Å². The zero-order chi connectivity index (χ0) is 8.27. The molecule has 1 aromatic rings. The molecule has 11 heavy (non-hydrogen) atoms. The van der Waals surface area contributed by atoms with Crippen LogP contribution in [0.5, 0.6) is 0 Å². The van der Waals surface area contributed by atoms with Crippen LogP contribution in [0.1, 0.15) is 31.9 Å². The molecule has 0 aliphatic carbocycles.